The van der Waals surface area contributed by atoms with Crippen LogP contribution in [0.1, 0.15) is 28.8 Å². The summed E-state index contributed by atoms with van der Waals surface area (Å²) in [6.07, 6.45) is 0. The van der Waals surface area contributed by atoms with Crippen LogP contribution in [0.4, 0.5) is 11.4 Å². The largest absolute Gasteiger partial charge is 0.490 e. The summed E-state index contributed by atoms with van der Waals surface area (Å²) in [4.78, 5) is 57.1. The number of aromatic nitrogens is 1. The average molecular weight is 636 g/mol. The molecule has 6 rings (SSSR count). The summed E-state index contributed by atoms with van der Waals surface area (Å²) < 4.78 is 11.7. The van der Waals surface area contributed by atoms with E-state index in [0.29, 0.717) is 50.0 Å². The Hall–Kier alpha value is -4.06. The molecule has 3 heterocycles. The van der Waals surface area contributed by atoms with E-state index in [1.807, 2.05) is 26.0 Å². The molecule has 0 bridgehead atoms. The predicted molar refractivity (Wildman–Crippen MR) is 167 cm³/mol. The van der Waals surface area contributed by atoms with Gasteiger partial charge in [-0.3, -0.25) is 19.2 Å². The molecule has 1 fully saturated rings. The van der Waals surface area contributed by atoms with Gasteiger partial charge in [-0.2, -0.15) is 0 Å². The highest BCUT2D eigenvalue weighted by Crippen LogP contribution is 2.53. The van der Waals surface area contributed by atoms with Crippen molar-refractivity contribution in [2.75, 3.05) is 23.4 Å². The maximum atomic E-state index is 14.0. The van der Waals surface area contributed by atoms with E-state index in [0.717, 1.165) is 16.9 Å². The topological polar surface area (TPSA) is 118 Å². The van der Waals surface area contributed by atoms with Gasteiger partial charge >= 0.3 is 4.87 Å². The van der Waals surface area contributed by atoms with E-state index in [-0.39, 0.29) is 29.2 Å². The second-order valence-corrected chi connectivity index (χ2v) is 12.7. The number of ether oxygens (including phenoxy) is 2. The molecule has 220 valence electrons. The predicted octanol–water partition coefficient (Wildman–Crippen LogP) is 5.61. The number of hydrogen-bond acceptors (Lipinski definition) is 8. The lowest BCUT2D eigenvalue weighted by molar-refractivity contribution is -0.122. The number of amides is 3. The molecule has 9 nitrogen and oxygen atoms in total. The molecule has 2 aliphatic heterocycles. The Morgan fingerprint density at radius 2 is 1.72 bits per heavy atom. The zero-order valence-electron chi connectivity index (χ0n) is 23.1. The minimum Gasteiger partial charge on any atom is -0.490 e. The Bertz CT molecular complexity index is 1770. The molecular formula is C31H26ClN3O6S2. The van der Waals surface area contributed by atoms with E-state index in [9.17, 15) is 19.2 Å². The average Bonchev–Trinajstić information content (AvgIpc) is 3.48. The lowest BCUT2D eigenvalue weighted by atomic mass is 9.83. The molecule has 4 aromatic rings. The maximum Gasteiger partial charge on any atom is 0.305 e. The monoisotopic (exact) mass is 635 g/mol. The number of nitrogens with zero attached hydrogens (tertiary/aromatic N) is 1. The quantitative estimate of drug-likeness (QED) is 0.242. The summed E-state index contributed by atoms with van der Waals surface area (Å²) in [6, 6.07) is 19.2. The van der Waals surface area contributed by atoms with Crippen LogP contribution in [0.5, 0.6) is 11.5 Å². The van der Waals surface area contributed by atoms with Gasteiger partial charge in [-0.15, -0.1) is 0 Å². The third kappa shape index (κ3) is 5.67. The fraction of sp³-hybridized carbons (Fsp3) is 0.226. The van der Waals surface area contributed by atoms with Crippen molar-refractivity contribution < 1.29 is 23.9 Å². The first-order valence-electron chi connectivity index (χ1n) is 13.5. The van der Waals surface area contributed by atoms with Gasteiger partial charge in [-0.1, -0.05) is 58.5 Å². The molecule has 3 aromatic carbocycles. The highest BCUT2D eigenvalue weighted by Gasteiger charge is 2.56. The van der Waals surface area contributed by atoms with Gasteiger partial charge in [0.1, 0.15) is 5.25 Å². The molecule has 1 aromatic heterocycles. The second-order valence-electron chi connectivity index (χ2n) is 10.1. The first-order valence-corrected chi connectivity index (χ1v) is 15.6. The molecular weight excluding hydrogens is 610 g/mol. The molecule has 2 aliphatic rings. The maximum absolute atomic E-state index is 14.0. The third-order valence-electron chi connectivity index (χ3n) is 7.23. The standard InChI is InChI=1S/C31H26ClN3O6S2/c1-3-40-22-14-17(6-13-21(22)41-15-23(36)33-19-9-7-18(32)8-10-19)24-25-27(42-28-26(24)43-31(39)34-28)30(38)35(29(25)37)20-11-4-16(2)5-12-20/h4-14,24-25,27H,3,15H2,1-2H3,(H,33,36)(H,34,39). The van der Waals surface area contributed by atoms with Crippen LogP contribution in [0.25, 0.3) is 0 Å². The lowest BCUT2D eigenvalue weighted by Crippen LogP contribution is -2.32. The Labute approximate surface area is 260 Å². The number of thiazole rings is 1. The number of fused-ring (bicyclic) bond motifs is 2. The highest BCUT2D eigenvalue weighted by molar-refractivity contribution is 8.00. The first-order chi connectivity index (χ1) is 20.7. The van der Waals surface area contributed by atoms with Crippen LogP contribution in [0, 0.1) is 12.8 Å². The lowest BCUT2D eigenvalue weighted by Gasteiger charge is -2.30. The summed E-state index contributed by atoms with van der Waals surface area (Å²) in [5, 5.41) is 3.19. The van der Waals surface area contributed by atoms with Crippen LogP contribution in [0.2, 0.25) is 5.02 Å². The number of anilines is 2. The van der Waals surface area contributed by atoms with Crippen LogP contribution in [0.3, 0.4) is 0 Å². The van der Waals surface area contributed by atoms with E-state index < -0.39 is 17.1 Å². The van der Waals surface area contributed by atoms with Crippen molar-refractivity contribution in [2.24, 2.45) is 5.92 Å². The molecule has 3 amide bonds. The van der Waals surface area contributed by atoms with Gasteiger partial charge in [-0.25, -0.2) is 4.90 Å². The highest BCUT2D eigenvalue weighted by atomic mass is 35.5. The Balaban J connectivity index is 1.31. The number of imide groups is 1. The number of carbonyl (C=O) groups excluding carboxylic acids is 3. The summed E-state index contributed by atoms with van der Waals surface area (Å²) in [5.74, 6) is -1.58. The summed E-state index contributed by atoms with van der Waals surface area (Å²) in [5.41, 5.74) is 2.81. The number of nitrogens with one attached hydrogen (secondary N) is 2. The van der Waals surface area contributed by atoms with Gasteiger partial charge < -0.3 is 19.8 Å². The van der Waals surface area contributed by atoms with Gasteiger partial charge in [0.15, 0.2) is 18.1 Å². The smallest absolute Gasteiger partial charge is 0.305 e. The number of halogens is 1. The van der Waals surface area contributed by atoms with Crippen LogP contribution in [-0.2, 0) is 14.4 Å². The van der Waals surface area contributed by atoms with Crippen molar-refractivity contribution in [1.82, 2.24) is 4.98 Å². The molecule has 1 saturated heterocycles. The van der Waals surface area contributed by atoms with Crippen molar-refractivity contribution in [2.45, 2.75) is 30.0 Å². The van der Waals surface area contributed by atoms with Crippen molar-refractivity contribution >= 4 is 63.8 Å². The number of hydrogen-bond donors (Lipinski definition) is 2. The van der Waals surface area contributed by atoms with E-state index in [4.69, 9.17) is 21.1 Å². The molecule has 3 unspecified atom stereocenters. The van der Waals surface area contributed by atoms with Crippen molar-refractivity contribution in [3.8, 4) is 11.5 Å². The van der Waals surface area contributed by atoms with Crippen molar-refractivity contribution in [1.29, 1.82) is 0 Å². The first kappa shape index (κ1) is 29.0. The minimum absolute atomic E-state index is 0.255. The molecule has 43 heavy (non-hydrogen) atoms. The number of aryl methyl sites for hydroxylation is 1. The molecule has 0 aliphatic carbocycles. The van der Waals surface area contributed by atoms with Crippen LogP contribution >= 0.6 is 34.7 Å². The summed E-state index contributed by atoms with van der Waals surface area (Å²) in [7, 11) is 0. The molecule has 3 atom stereocenters. The zero-order chi connectivity index (χ0) is 30.2. The van der Waals surface area contributed by atoms with Crippen molar-refractivity contribution in [3.63, 3.8) is 0 Å². The summed E-state index contributed by atoms with van der Waals surface area (Å²) >= 11 is 8.18. The van der Waals surface area contributed by atoms with Crippen LogP contribution in [-0.4, -0.2) is 41.2 Å². The number of H-pyrrole nitrogens is 1. The van der Waals surface area contributed by atoms with Gasteiger partial charge in [0, 0.05) is 21.5 Å². The summed E-state index contributed by atoms with van der Waals surface area (Å²) in [6.45, 7) is 3.82. The van der Waals surface area contributed by atoms with Gasteiger partial charge in [0.05, 0.1) is 23.2 Å². The minimum atomic E-state index is -0.732. The van der Waals surface area contributed by atoms with E-state index in [1.54, 1.807) is 54.6 Å². The molecule has 2 N–H and O–H groups in total. The zero-order valence-corrected chi connectivity index (χ0v) is 25.5. The van der Waals surface area contributed by atoms with Crippen LogP contribution in [0.15, 0.2) is 76.6 Å². The van der Waals surface area contributed by atoms with Gasteiger partial charge in [-0.05, 0) is 67.9 Å². The second kappa shape index (κ2) is 11.9. The molecule has 0 spiro atoms. The Kier molecular flexibility index (Phi) is 8.04. The number of aromatic amines is 1. The fourth-order valence-corrected chi connectivity index (χ4v) is 7.94. The van der Waals surface area contributed by atoms with E-state index in [1.165, 1.54) is 16.7 Å². The SMILES string of the molecule is CCOc1cc(C2c3sc(=O)[nH]c3SC3C(=O)N(c4ccc(C)cc4)C(=O)C32)ccc1OCC(=O)Nc1ccc(Cl)cc1. The fourth-order valence-electron chi connectivity index (χ4n) is 5.30. The third-order valence-corrected chi connectivity index (χ3v) is 9.88. The Morgan fingerprint density at radius 3 is 2.44 bits per heavy atom. The van der Waals surface area contributed by atoms with Gasteiger partial charge in [0.2, 0.25) is 11.8 Å². The number of carbonyl (C=O) groups is 3. The van der Waals surface area contributed by atoms with Gasteiger partial charge in [0.25, 0.3) is 5.91 Å². The van der Waals surface area contributed by atoms with E-state index >= 15 is 0 Å². The Morgan fingerprint density at radius 1 is 0.977 bits per heavy atom. The number of rotatable bonds is 8. The molecule has 0 saturated carbocycles. The number of thioether (sulfide) groups is 1. The van der Waals surface area contributed by atoms with Crippen LogP contribution < -0.4 is 24.6 Å². The molecule has 12 heteroatoms. The number of benzene rings is 3. The van der Waals surface area contributed by atoms with E-state index in [2.05, 4.69) is 10.3 Å². The van der Waals surface area contributed by atoms with Crippen molar-refractivity contribution in [3.05, 3.63) is 97.4 Å². The normalized spacial score (nSPS) is 19.1. The molecule has 0 radical (unpaired) electrons.